The van der Waals surface area contributed by atoms with Crippen LogP contribution in [0.5, 0.6) is 0 Å². The van der Waals surface area contributed by atoms with Crippen LogP contribution in [0.1, 0.15) is 93.2 Å². The fourth-order valence-corrected chi connectivity index (χ4v) is 13.7. The number of aliphatic hydroxyl groups is 6. The van der Waals surface area contributed by atoms with Crippen LogP contribution in [0.2, 0.25) is 0 Å². The Kier molecular flexibility index (Phi) is 12.7. The van der Waals surface area contributed by atoms with Gasteiger partial charge in [0.15, 0.2) is 12.5 Å². The fourth-order valence-electron chi connectivity index (χ4n) is 13.7. The number of H-pyrrole nitrogens is 2. The summed E-state index contributed by atoms with van der Waals surface area (Å²) >= 11 is 0. The summed E-state index contributed by atoms with van der Waals surface area (Å²) in [5, 5.41) is 68.8. The van der Waals surface area contributed by atoms with Crippen molar-refractivity contribution in [3.8, 4) is 0 Å². The molecule has 3 fully saturated rings. The molecule has 446 valence electrons. The number of nitrogens with one attached hydrogen (secondary N) is 3. The van der Waals surface area contributed by atoms with Crippen molar-refractivity contribution in [1.82, 2.24) is 29.3 Å². The van der Waals surface area contributed by atoms with Crippen LogP contribution in [0, 0.1) is 23.3 Å². The number of halogens is 4. The van der Waals surface area contributed by atoms with Gasteiger partial charge in [-0.1, -0.05) is 52.5 Å². The van der Waals surface area contributed by atoms with Crippen molar-refractivity contribution in [2.75, 3.05) is 13.2 Å². The van der Waals surface area contributed by atoms with E-state index in [1.807, 2.05) is 24.3 Å². The topological polar surface area (TPSA) is 274 Å². The number of fused-ring (bicyclic) bond motifs is 22. The second kappa shape index (κ2) is 19.7. The van der Waals surface area contributed by atoms with Crippen molar-refractivity contribution in [1.29, 1.82) is 0 Å². The van der Waals surface area contributed by atoms with E-state index in [0.29, 0.717) is 60.1 Å². The maximum absolute atomic E-state index is 15.0. The molecule has 23 heteroatoms. The van der Waals surface area contributed by atoms with Gasteiger partial charge in [0.1, 0.15) is 72.1 Å². The lowest BCUT2D eigenvalue weighted by Gasteiger charge is -2.41. The quantitative estimate of drug-likeness (QED) is 0.0584. The molecule has 4 aromatic heterocycles. The number of nitrogens with zero attached hydrogens (tertiary/aromatic N) is 3. The van der Waals surface area contributed by atoms with Gasteiger partial charge in [-0.2, -0.15) is 0 Å². The van der Waals surface area contributed by atoms with Crippen molar-refractivity contribution in [2.24, 2.45) is 0 Å². The summed E-state index contributed by atoms with van der Waals surface area (Å²) in [6.07, 6.45) is -12.9. The van der Waals surface area contributed by atoms with E-state index >= 15 is 4.39 Å². The van der Waals surface area contributed by atoms with E-state index in [1.54, 1.807) is 4.57 Å². The molecule has 0 spiro atoms. The molecule has 7 aromatic carbocycles. The van der Waals surface area contributed by atoms with Gasteiger partial charge in [-0.05, 0) is 89.3 Å². The summed E-state index contributed by atoms with van der Waals surface area (Å²) in [5.41, 5.74) is 4.70. The van der Waals surface area contributed by atoms with E-state index < -0.39 is 115 Å². The second-order valence-corrected chi connectivity index (χ2v) is 23.6. The van der Waals surface area contributed by atoms with E-state index in [0.717, 1.165) is 10.5 Å². The zero-order valence-electron chi connectivity index (χ0n) is 45.5. The van der Waals surface area contributed by atoms with Crippen LogP contribution in [-0.2, 0) is 26.2 Å². The first-order valence-corrected chi connectivity index (χ1v) is 27.7. The number of hydrogen-bond donors (Lipinski definition) is 9. The Morgan fingerprint density at radius 1 is 0.552 bits per heavy atom. The largest absolute Gasteiger partial charge is 0.394 e. The average molecular weight is 1190 g/mol. The van der Waals surface area contributed by atoms with Gasteiger partial charge in [0.05, 0.1) is 75.1 Å². The highest BCUT2D eigenvalue weighted by Crippen LogP contribution is 2.50. The van der Waals surface area contributed by atoms with Crippen LogP contribution < -0.4 is 5.32 Å². The summed E-state index contributed by atoms with van der Waals surface area (Å²) in [6, 6.07) is 23.5. The number of benzene rings is 7. The van der Waals surface area contributed by atoms with E-state index in [4.69, 9.17) is 14.2 Å². The number of amides is 4. The third-order valence-corrected chi connectivity index (χ3v) is 17.7. The lowest BCUT2D eigenvalue weighted by Crippen LogP contribution is -2.56. The van der Waals surface area contributed by atoms with Crippen LogP contribution in [0.3, 0.4) is 0 Å². The minimum atomic E-state index is -1.74. The number of hydrogen-bond acceptors (Lipinski definition) is 13. The van der Waals surface area contributed by atoms with Gasteiger partial charge < -0.3 is 64.0 Å². The molecule has 19 nitrogen and oxygen atoms in total. The number of aromatic amines is 2. The van der Waals surface area contributed by atoms with Crippen molar-refractivity contribution in [3.05, 3.63) is 154 Å². The van der Waals surface area contributed by atoms with Gasteiger partial charge in [-0.3, -0.25) is 29.4 Å². The molecule has 5 aliphatic rings. The van der Waals surface area contributed by atoms with Crippen LogP contribution in [0.15, 0.2) is 97.1 Å². The van der Waals surface area contributed by atoms with Crippen LogP contribution in [0.25, 0.3) is 87.2 Å². The van der Waals surface area contributed by atoms with Gasteiger partial charge in [0.25, 0.3) is 23.6 Å². The zero-order chi connectivity index (χ0) is 60.0. The van der Waals surface area contributed by atoms with E-state index in [1.165, 1.54) is 77.4 Å². The molecular formula is C64H54F4N6O13. The molecular weight excluding hydrogens is 1140 g/mol. The highest BCUT2D eigenvalue weighted by atomic mass is 19.1. The molecule has 2 bridgehead atoms. The van der Waals surface area contributed by atoms with Gasteiger partial charge in [0, 0.05) is 54.1 Å². The van der Waals surface area contributed by atoms with Crippen LogP contribution >= 0.6 is 0 Å². The summed E-state index contributed by atoms with van der Waals surface area (Å²) in [4.78, 5) is 62.7. The molecule has 0 unspecified atom stereocenters. The monoisotopic (exact) mass is 1190 g/mol. The SMILES string of the molecule is C.CC(C)(C)c1ccc(CN2C(=O)c3c(c4c5cc(F)ccc5n([C@@H]5O[C@H](CO)[C@@H](O)[C@H](O)[C@H]5O)c4c4[nH]c5ccc(F)cc5c34)C2=O)cc1.O=C1NC(=O)c2c1c1c3cc(F)ccc3[nH]c1c1c2c2cc(F)ccc2n1[C@@H]1O[C@@H]2CO[C@H]([C@H]1O)[C@H]2O. The molecule has 3 saturated heterocycles. The van der Waals surface area contributed by atoms with Crippen molar-refractivity contribution in [3.63, 3.8) is 0 Å². The number of imide groups is 2. The second-order valence-electron chi connectivity index (χ2n) is 23.6. The molecule has 0 radical (unpaired) electrons. The maximum Gasteiger partial charge on any atom is 0.262 e. The molecule has 16 rings (SSSR count). The molecule has 0 saturated carbocycles. The Bertz CT molecular complexity index is 4830. The van der Waals surface area contributed by atoms with Gasteiger partial charge in [-0.15, -0.1) is 0 Å². The number of aliphatic hydroxyl groups excluding tert-OH is 6. The first kappa shape index (κ1) is 56.2. The van der Waals surface area contributed by atoms with Gasteiger partial charge in [0.2, 0.25) is 0 Å². The molecule has 5 aliphatic heterocycles. The van der Waals surface area contributed by atoms with Gasteiger partial charge in [-0.25, -0.2) is 17.6 Å². The molecule has 4 amide bonds. The molecule has 9 heterocycles. The lowest BCUT2D eigenvalue weighted by molar-refractivity contribution is -0.249. The standard InChI is InChI=1S/C37H33F2N3O7.C26H17F2N3O6.CH4/c1-37(2,3)17-6-4-16(5-7-17)14-41-34(47)27-25-20-12-18(38)8-10-22(20)40-29(25)30-26(28(27)35(41)48)21-13-19(39)9-11-23(21)42(30)36-33(46)32(45)31(44)24(15-43)49-36;27-8-1-3-12-10(5-8)15-17-18(25(35)30-24(17)34)16-11-6-9(28)2-4-13(11)31(20(16)19(15)29-12)26-22(33)23-21(32)14(37-26)7-36-23;/h4-13,24,31-33,36,40,43-46H,14-15H2,1-3H3;1-6,14,21-23,26,29,32-33H,7H2,(H,30,34,35);1H4/t24-,31-,32+,33-,36-;14-,21+,22-,23+,26-;/m11./s1. The highest BCUT2D eigenvalue weighted by Gasteiger charge is 2.52. The van der Waals surface area contributed by atoms with Crippen LogP contribution in [0.4, 0.5) is 17.6 Å². The number of ether oxygens (including phenoxy) is 3. The lowest BCUT2D eigenvalue weighted by atomic mass is 9.87. The molecule has 87 heavy (non-hydrogen) atoms. The Morgan fingerprint density at radius 3 is 1.55 bits per heavy atom. The fraction of sp³-hybridized carbons (Fsp3) is 0.281. The minimum Gasteiger partial charge on any atom is -0.394 e. The first-order valence-electron chi connectivity index (χ1n) is 27.7. The smallest absolute Gasteiger partial charge is 0.262 e. The Labute approximate surface area is 488 Å². The summed E-state index contributed by atoms with van der Waals surface area (Å²) < 4.78 is 79.5. The number of carbonyl (C=O) groups is 4. The zero-order valence-corrected chi connectivity index (χ0v) is 45.5. The van der Waals surface area contributed by atoms with Crippen molar-refractivity contribution < 1.29 is 81.6 Å². The van der Waals surface area contributed by atoms with Crippen LogP contribution in [-0.4, -0.2) is 140 Å². The van der Waals surface area contributed by atoms with Gasteiger partial charge >= 0.3 is 0 Å². The average Bonchev–Trinajstić information content (AvgIpc) is 1.54. The maximum atomic E-state index is 15.0. The molecule has 10 atom stereocenters. The first-order chi connectivity index (χ1) is 41.1. The summed E-state index contributed by atoms with van der Waals surface area (Å²) in [6.45, 7) is 5.57. The predicted octanol–water partition coefficient (Wildman–Crippen LogP) is 8.02. The minimum absolute atomic E-state index is 0. The van der Waals surface area contributed by atoms with E-state index in [-0.39, 0.29) is 81.0 Å². The van der Waals surface area contributed by atoms with Crippen molar-refractivity contribution >= 4 is 111 Å². The Morgan fingerprint density at radius 2 is 1.02 bits per heavy atom. The number of carbonyl (C=O) groups excluding carboxylic acids is 4. The van der Waals surface area contributed by atoms with E-state index in [9.17, 15) is 63.0 Å². The van der Waals surface area contributed by atoms with E-state index in [2.05, 4.69) is 36.1 Å². The molecule has 9 N–H and O–H groups in total. The Hall–Kier alpha value is -8.62. The number of aromatic nitrogens is 4. The molecule has 11 aromatic rings. The normalized spacial score (nSPS) is 24.6. The number of rotatable bonds is 5. The highest BCUT2D eigenvalue weighted by molar-refractivity contribution is 6.41. The third-order valence-electron chi connectivity index (χ3n) is 17.7. The summed E-state index contributed by atoms with van der Waals surface area (Å²) in [7, 11) is 0. The Balaban J connectivity index is 0.000000157. The third kappa shape index (κ3) is 8.00. The predicted molar refractivity (Wildman–Crippen MR) is 310 cm³/mol. The molecule has 0 aliphatic carbocycles. The van der Waals surface area contributed by atoms with Crippen molar-refractivity contribution in [2.45, 2.75) is 101 Å². The summed E-state index contributed by atoms with van der Waals surface area (Å²) in [5.74, 6) is -4.86.